The molecule has 0 radical (unpaired) electrons. The van der Waals surface area contributed by atoms with Gasteiger partial charge in [-0.05, 0) is 13.0 Å². The van der Waals surface area contributed by atoms with Gasteiger partial charge in [-0.2, -0.15) is 5.26 Å². The number of carbonyl (C=O) groups is 1. The molecule has 8 heteroatoms. The molecule has 1 atom stereocenters. The van der Waals surface area contributed by atoms with Crippen molar-refractivity contribution in [1.82, 2.24) is 0 Å². The van der Waals surface area contributed by atoms with Crippen LogP contribution in [0.4, 0.5) is 5.69 Å². The van der Waals surface area contributed by atoms with Crippen molar-refractivity contribution in [3.8, 4) is 17.6 Å². The number of nitrogens with zero attached hydrogens (tertiary/aromatic N) is 2. The molecule has 0 fully saturated rings. The van der Waals surface area contributed by atoms with Crippen LogP contribution in [-0.4, -0.2) is 31.7 Å². The smallest absolute Gasteiger partial charge is 0.328 e. The van der Waals surface area contributed by atoms with Gasteiger partial charge in [0.1, 0.15) is 0 Å². The number of benzene rings is 1. The molecular weight excluding hydrogens is 280 g/mol. The molecule has 0 aromatic heterocycles. The van der Waals surface area contributed by atoms with E-state index in [1.165, 1.54) is 20.3 Å². The topological polar surface area (TPSA) is 112 Å². The Bertz CT molecular complexity index is 593. The van der Waals surface area contributed by atoms with Crippen LogP contribution in [0.3, 0.4) is 0 Å². The van der Waals surface area contributed by atoms with Gasteiger partial charge < -0.3 is 14.2 Å². The van der Waals surface area contributed by atoms with Gasteiger partial charge in [-0.3, -0.25) is 14.9 Å². The summed E-state index contributed by atoms with van der Waals surface area (Å²) in [7, 11) is 2.67. The number of hydrogen-bond donors (Lipinski definition) is 0. The first-order valence-corrected chi connectivity index (χ1v) is 5.96. The average Bonchev–Trinajstić information content (AvgIpc) is 2.47. The van der Waals surface area contributed by atoms with E-state index >= 15 is 0 Å². The predicted octanol–water partition coefficient (Wildman–Crippen LogP) is 1.78. The van der Waals surface area contributed by atoms with Crippen LogP contribution in [0.2, 0.25) is 0 Å². The summed E-state index contributed by atoms with van der Waals surface area (Å²) in [6.45, 7) is 1.65. The van der Waals surface area contributed by atoms with Crippen LogP contribution in [0.15, 0.2) is 12.1 Å². The number of methoxy groups -OCH3 is 2. The number of carbonyl (C=O) groups excluding carboxylic acids is 1. The minimum Gasteiger partial charge on any atom is -0.493 e. The number of nitro groups is 1. The van der Waals surface area contributed by atoms with E-state index in [-0.39, 0.29) is 23.7 Å². The molecule has 0 aliphatic carbocycles. The standard InChI is InChI=1S/C13H14N2O6/c1-4-21-13(16)9(7-14)8-5-11(19-2)12(20-3)6-10(8)15(17)18/h5-6,9H,4H2,1-3H3/t9-/m0/s1. The number of hydrogen-bond acceptors (Lipinski definition) is 7. The molecule has 21 heavy (non-hydrogen) atoms. The summed E-state index contributed by atoms with van der Waals surface area (Å²) >= 11 is 0. The summed E-state index contributed by atoms with van der Waals surface area (Å²) in [4.78, 5) is 22.2. The molecule has 0 aliphatic heterocycles. The van der Waals surface area contributed by atoms with Crippen LogP contribution < -0.4 is 9.47 Å². The molecule has 0 unspecified atom stereocenters. The van der Waals surface area contributed by atoms with E-state index in [2.05, 4.69) is 0 Å². The summed E-state index contributed by atoms with van der Waals surface area (Å²) in [5.74, 6) is -1.95. The highest BCUT2D eigenvalue weighted by molar-refractivity contribution is 5.83. The van der Waals surface area contributed by atoms with Gasteiger partial charge in [-0.25, -0.2) is 0 Å². The van der Waals surface area contributed by atoms with Crippen molar-refractivity contribution < 1.29 is 23.9 Å². The lowest BCUT2D eigenvalue weighted by Gasteiger charge is -2.13. The third-order valence-electron chi connectivity index (χ3n) is 2.69. The molecule has 0 heterocycles. The summed E-state index contributed by atoms with van der Waals surface area (Å²) < 4.78 is 14.8. The van der Waals surface area contributed by atoms with Crippen molar-refractivity contribution in [3.63, 3.8) is 0 Å². The van der Waals surface area contributed by atoms with E-state index in [1.807, 2.05) is 0 Å². The second-order valence-electron chi connectivity index (χ2n) is 3.84. The summed E-state index contributed by atoms with van der Waals surface area (Å²) in [6, 6.07) is 4.06. The number of rotatable bonds is 6. The second-order valence-corrected chi connectivity index (χ2v) is 3.84. The fourth-order valence-corrected chi connectivity index (χ4v) is 1.75. The van der Waals surface area contributed by atoms with Gasteiger partial charge in [-0.1, -0.05) is 0 Å². The molecule has 0 saturated heterocycles. The number of nitro benzene ring substituents is 1. The fourth-order valence-electron chi connectivity index (χ4n) is 1.75. The molecule has 0 N–H and O–H groups in total. The van der Waals surface area contributed by atoms with Gasteiger partial charge in [-0.15, -0.1) is 0 Å². The Morgan fingerprint density at radius 3 is 2.38 bits per heavy atom. The molecular formula is C13H14N2O6. The Balaban J connectivity index is 3.48. The molecule has 8 nitrogen and oxygen atoms in total. The zero-order valence-electron chi connectivity index (χ0n) is 11.8. The minimum absolute atomic E-state index is 0.0676. The summed E-state index contributed by atoms with van der Waals surface area (Å²) in [6.07, 6.45) is 0. The van der Waals surface area contributed by atoms with Crippen molar-refractivity contribution in [2.75, 3.05) is 20.8 Å². The maximum absolute atomic E-state index is 11.8. The van der Waals surface area contributed by atoms with Crippen molar-refractivity contribution >= 4 is 11.7 Å². The Hall–Kier alpha value is -2.82. The van der Waals surface area contributed by atoms with Crippen molar-refractivity contribution in [2.45, 2.75) is 12.8 Å². The number of ether oxygens (including phenoxy) is 3. The number of nitriles is 1. The van der Waals surface area contributed by atoms with Crippen LogP contribution >= 0.6 is 0 Å². The normalized spacial score (nSPS) is 11.1. The zero-order valence-corrected chi connectivity index (χ0v) is 11.8. The van der Waals surface area contributed by atoms with Gasteiger partial charge in [0.25, 0.3) is 5.69 Å². The van der Waals surface area contributed by atoms with E-state index in [0.29, 0.717) is 0 Å². The van der Waals surface area contributed by atoms with Crippen molar-refractivity contribution in [2.24, 2.45) is 0 Å². The van der Waals surface area contributed by atoms with Crippen LogP contribution in [0.5, 0.6) is 11.5 Å². The second kappa shape index (κ2) is 7.09. The SMILES string of the molecule is CCOC(=O)[C@@H](C#N)c1cc(OC)c(OC)cc1[N+](=O)[O-]. The Morgan fingerprint density at radius 1 is 1.38 bits per heavy atom. The van der Waals surface area contributed by atoms with Crippen molar-refractivity contribution in [3.05, 3.63) is 27.8 Å². The third-order valence-corrected chi connectivity index (χ3v) is 2.69. The van der Waals surface area contributed by atoms with Gasteiger partial charge >= 0.3 is 5.97 Å². The maximum atomic E-state index is 11.8. The molecule has 1 rings (SSSR count). The van der Waals surface area contributed by atoms with E-state index in [9.17, 15) is 14.9 Å². The monoisotopic (exact) mass is 294 g/mol. The highest BCUT2D eigenvalue weighted by atomic mass is 16.6. The Labute approximate surface area is 121 Å². The lowest BCUT2D eigenvalue weighted by atomic mass is 9.98. The molecule has 112 valence electrons. The van der Waals surface area contributed by atoms with Crippen LogP contribution in [-0.2, 0) is 9.53 Å². The van der Waals surface area contributed by atoms with E-state index in [4.69, 9.17) is 19.5 Å². The number of esters is 1. The molecule has 0 amide bonds. The Kier molecular flexibility index (Phi) is 5.48. The molecule has 0 spiro atoms. The molecule has 0 saturated carbocycles. The highest BCUT2D eigenvalue weighted by Crippen LogP contribution is 2.38. The van der Waals surface area contributed by atoms with Crippen LogP contribution in [0, 0.1) is 21.4 Å². The van der Waals surface area contributed by atoms with Crippen LogP contribution in [0.25, 0.3) is 0 Å². The first-order chi connectivity index (χ1) is 9.99. The highest BCUT2D eigenvalue weighted by Gasteiger charge is 2.31. The van der Waals surface area contributed by atoms with Gasteiger partial charge in [0.2, 0.25) is 0 Å². The quantitative estimate of drug-likeness (QED) is 0.446. The molecule has 1 aromatic rings. The third kappa shape index (κ3) is 3.39. The van der Waals surface area contributed by atoms with Gasteiger partial charge in [0, 0.05) is 0 Å². The molecule has 0 bridgehead atoms. The van der Waals surface area contributed by atoms with E-state index in [0.717, 1.165) is 6.07 Å². The molecule has 0 aliphatic rings. The first-order valence-electron chi connectivity index (χ1n) is 5.96. The summed E-state index contributed by atoms with van der Waals surface area (Å²) in [5, 5.41) is 20.3. The lowest BCUT2D eigenvalue weighted by molar-refractivity contribution is -0.385. The van der Waals surface area contributed by atoms with E-state index in [1.54, 1.807) is 13.0 Å². The Morgan fingerprint density at radius 2 is 1.95 bits per heavy atom. The van der Waals surface area contributed by atoms with Gasteiger partial charge in [0.05, 0.1) is 43.4 Å². The fraction of sp³-hybridized carbons (Fsp3) is 0.385. The maximum Gasteiger partial charge on any atom is 0.328 e. The minimum atomic E-state index is -1.41. The largest absolute Gasteiger partial charge is 0.493 e. The van der Waals surface area contributed by atoms with Crippen molar-refractivity contribution in [1.29, 1.82) is 5.26 Å². The average molecular weight is 294 g/mol. The predicted molar refractivity (Wildman–Crippen MR) is 71.2 cm³/mol. The lowest BCUT2D eigenvalue weighted by Crippen LogP contribution is -2.16. The van der Waals surface area contributed by atoms with Crippen LogP contribution in [0.1, 0.15) is 18.4 Å². The van der Waals surface area contributed by atoms with E-state index < -0.39 is 22.5 Å². The van der Waals surface area contributed by atoms with Gasteiger partial charge in [0.15, 0.2) is 17.4 Å². The zero-order chi connectivity index (χ0) is 16.0. The molecule has 1 aromatic carbocycles. The first kappa shape index (κ1) is 16.2. The summed E-state index contributed by atoms with van der Waals surface area (Å²) in [5.41, 5.74) is -0.508.